The van der Waals surface area contributed by atoms with Crippen LogP contribution in [0.25, 0.3) is 0 Å². The Morgan fingerprint density at radius 1 is 1.43 bits per heavy atom. The standard InChI is InChI=1S/C15H20BrNO4/c1-10(11-2-4-12(16)5-3-11)17-7-6-14(21-15(17)20)8-13(19)9-18/h2-5,10,13-14,18-19H,6-9H2,1H3. The van der Waals surface area contributed by atoms with Gasteiger partial charge in [0.1, 0.15) is 6.10 Å². The number of halogens is 1. The van der Waals surface area contributed by atoms with E-state index < -0.39 is 6.10 Å². The second kappa shape index (κ2) is 7.24. The summed E-state index contributed by atoms with van der Waals surface area (Å²) in [5.74, 6) is 0. The van der Waals surface area contributed by atoms with E-state index in [0.717, 1.165) is 10.0 Å². The molecule has 1 heterocycles. The number of hydrogen-bond acceptors (Lipinski definition) is 4. The number of benzene rings is 1. The lowest BCUT2D eigenvalue weighted by atomic mass is 10.0. The molecule has 2 N–H and O–H groups in total. The van der Waals surface area contributed by atoms with Gasteiger partial charge < -0.3 is 19.8 Å². The molecule has 3 atom stereocenters. The Kier molecular flexibility index (Phi) is 5.61. The van der Waals surface area contributed by atoms with E-state index in [1.165, 1.54) is 0 Å². The highest BCUT2D eigenvalue weighted by atomic mass is 79.9. The van der Waals surface area contributed by atoms with E-state index in [1.807, 2.05) is 31.2 Å². The maximum Gasteiger partial charge on any atom is 0.410 e. The van der Waals surface area contributed by atoms with Gasteiger partial charge in [-0.1, -0.05) is 28.1 Å². The van der Waals surface area contributed by atoms with Crippen LogP contribution in [0.1, 0.15) is 31.4 Å². The molecule has 116 valence electrons. The van der Waals surface area contributed by atoms with Crippen LogP contribution in [0.15, 0.2) is 28.7 Å². The van der Waals surface area contributed by atoms with Gasteiger partial charge in [0.05, 0.1) is 18.8 Å². The molecule has 21 heavy (non-hydrogen) atoms. The Morgan fingerprint density at radius 2 is 2.10 bits per heavy atom. The van der Waals surface area contributed by atoms with Crippen LogP contribution in [0, 0.1) is 0 Å². The van der Waals surface area contributed by atoms with Gasteiger partial charge in [-0.2, -0.15) is 0 Å². The third kappa shape index (κ3) is 4.18. The van der Waals surface area contributed by atoms with Crippen molar-refractivity contribution >= 4 is 22.0 Å². The van der Waals surface area contributed by atoms with Crippen molar-refractivity contribution in [1.29, 1.82) is 0 Å². The minimum absolute atomic E-state index is 0.0608. The summed E-state index contributed by atoms with van der Waals surface area (Å²) in [6.07, 6.45) is -0.593. The van der Waals surface area contributed by atoms with Crippen molar-refractivity contribution in [3.8, 4) is 0 Å². The SMILES string of the molecule is CC(c1ccc(Br)cc1)N1CCC(CC(O)CO)OC1=O. The Bertz CT molecular complexity index is 479. The Balaban J connectivity index is 1.96. The molecule has 1 saturated heterocycles. The summed E-state index contributed by atoms with van der Waals surface area (Å²) < 4.78 is 6.34. The third-order valence-electron chi connectivity index (χ3n) is 3.76. The molecular weight excluding hydrogens is 338 g/mol. The molecule has 5 nitrogen and oxygen atoms in total. The molecule has 0 saturated carbocycles. The van der Waals surface area contributed by atoms with Crippen molar-refractivity contribution in [1.82, 2.24) is 4.90 Å². The first-order valence-corrected chi connectivity index (χ1v) is 7.82. The third-order valence-corrected chi connectivity index (χ3v) is 4.29. The monoisotopic (exact) mass is 357 g/mol. The van der Waals surface area contributed by atoms with Gasteiger partial charge in [0.25, 0.3) is 0 Å². The molecule has 0 aromatic heterocycles. The topological polar surface area (TPSA) is 70.0 Å². The number of rotatable bonds is 5. The van der Waals surface area contributed by atoms with Crippen LogP contribution in [-0.4, -0.2) is 46.6 Å². The molecule has 2 rings (SSSR count). The molecule has 3 unspecified atom stereocenters. The maximum absolute atomic E-state index is 12.1. The minimum Gasteiger partial charge on any atom is -0.446 e. The summed E-state index contributed by atoms with van der Waals surface area (Å²) in [6.45, 7) is 2.24. The van der Waals surface area contributed by atoms with Crippen LogP contribution >= 0.6 is 15.9 Å². The van der Waals surface area contributed by atoms with Crippen molar-refractivity contribution in [2.45, 2.75) is 38.0 Å². The molecular formula is C15H20BrNO4. The Hall–Kier alpha value is -1.11. The summed E-state index contributed by atoms with van der Waals surface area (Å²) in [5, 5.41) is 18.3. The fourth-order valence-electron chi connectivity index (χ4n) is 2.46. The lowest BCUT2D eigenvalue weighted by Crippen LogP contribution is -2.44. The van der Waals surface area contributed by atoms with E-state index in [-0.39, 0.29) is 31.3 Å². The molecule has 0 spiro atoms. The first-order valence-electron chi connectivity index (χ1n) is 7.03. The number of ether oxygens (including phenoxy) is 1. The van der Waals surface area contributed by atoms with Crippen molar-refractivity contribution in [2.24, 2.45) is 0 Å². The van der Waals surface area contributed by atoms with E-state index in [4.69, 9.17) is 9.84 Å². The number of hydrogen-bond donors (Lipinski definition) is 2. The molecule has 1 aromatic carbocycles. The fourth-order valence-corrected chi connectivity index (χ4v) is 2.72. The quantitative estimate of drug-likeness (QED) is 0.849. The molecule has 6 heteroatoms. The number of carbonyl (C=O) groups is 1. The Morgan fingerprint density at radius 3 is 2.67 bits per heavy atom. The molecule has 1 aliphatic heterocycles. The highest BCUT2D eigenvalue weighted by Crippen LogP contribution is 2.27. The summed E-state index contributed by atoms with van der Waals surface area (Å²) in [7, 11) is 0. The Labute approximate surface area is 132 Å². The summed E-state index contributed by atoms with van der Waals surface area (Å²) in [4.78, 5) is 13.8. The average Bonchev–Trinajstić information content (AvgIpc) is 2.47. The first kappa shape index (κ1) is 16.3. The molecule has 0 radical (unpaired) electrons. The first-order chi connectivity index (χ1) is 10.0. The molecule has 1 amide bonds. The lowest BCUT2D eigenvalue weighted by Gasteiger charge is -2.36. The van der Waals surface area contributed by atoms with Crippen LogP contribution in [0.2, 0.25) is 0 Å². The summed E-state index contributed by atoms with van der Waals surface area (Å²) in [6, 6.07) is 7.78. The highest BCUT2D eigenvalue weighted by Gasteiger charge is 2.31. The normalized spacial score (nSPS) is 21.8. The van der Waals surface area contributed by atoms with Gasteiger partial charge in [0, 0.05) is 23.9 Å². The van der Waals surface area contributed by atoms with Gasteiger partial charge >= 0.3 is 6.09 Å². The van der Waals surface area contributed by atoms with Gasteiger partial charge in [0.15, 0.2) is 0 Å². The second-order valence-corrected chi connectivity index (χ2v) is 6.20. The van der Waals surface area contributed by atoms with E-state index in [2.05, 4.69) is 15.9 Å². The van der Waals surface area contributed by atoms with Gasteiger partial charge in [-0.15, -0.1) is 0 Å². The molecule has 1 aromatic rings. The summed E-state index contributed by atoms with van der Waals surface area (Å²) in [5.41, 5.74) is 1.05. The van der Waals surface area contributed by atoms with E-state index >= 15 is 0 Å². The van der Waals surface area contributed by atoms with Crippen LogP contribution < -0.4 is 0 Å². The zero-order chi connectivity index (χ0) is 15.4. The van der Waals surface area contributed by atoms with Crippen LogP contribution in [-0.2, 0) is 4.74 Å². The molecule has 1 aliphatic rings. The molecule has 0 aliphatic carbocycles. The number of nitrogens with zero attached hydrogens (tertiary/aromatic N) is 1. The highest BCUT2D eigenvalue weighted by molar-refractivity contribution is 9.10. The molecule has 1 fully saturated rings. The molecule has 0 bridgehead atoms. The van der Waals surface area contributed by atoms with Crippen molar-refractivity contribution in [3.05, 3.63) is 34.3 Å². The number of amides is 1. The van der Waals surface area contributed by atoms with E-state index in [9.17, 15) is 9.90 Å². The largest absolute Gasteiger partial charge is 0.446 e. The van der Waals surface area contributed by atoms with Gasteiger partial charge in [-0.3, -0.25) is 0 Å². The number of carbonyl (C=O) groups excluding carboxylic acids is 1. The van der Waals surface area contributed by atoms with Crippen molar-refractivity contribution < 1.29 is 19.7 Å². The van der Waals surface area contributed by atoms with Crippen molar-refractivity contribution in [2.75, 3.05) is 13.2 Å². The minimum atomic E-state index is -0.835. The van der Waals surface area contributed by atoms with Gasteiger partial charge in [0.2, 0.25) is 0 Å². The van der Waals surface area contributed by atoms with Crippen LogP contribution in [0.3, 0.4) is 0 Å². The predicted octanol–water partition coefficient (Wildman–Crippen LogP) is 2.46. The number of aliphatic hydroxyl groups excluding tert-OH is 2. The maximum atomic E-state index is 12.1. The fraction of sp³-hybridized carbons (Fsp3) is 0.533. The average molecular weight is 358 g/mol. The van der Waals surface area contributed by atoms with Crippen LogP contribution in [0.5, 0.6) is 0 Å². The number of cyclic esters (lactones) is 1. The summed E-state index contributed by atoms with van der Waals surface area (Å²) >= 11 is 3.39. The van der Waals surface area contributed by atoms with E-state index in [0.29, 0.717) is 13.0 Å². The lowest BCUT2D eigenvalue weighted by molar-refractivity contribution is -0.0178. The van der Waals surface area contributed by atoms with E-state index in [1.54, 1.807) is 4.90 Å². The second-order valence-electron chi connectivity index (χ2n) is 5.29. The van der Waals surface area contributed by atoms with Crippen LogP contribution in [0.4, 0.5) is 4.79 Å². The van der Waals surface area contributed by atoms with Crippen molar-refractivity contribution in [3.63, 3.8) is 0 Å². The predicted molar refractivity (Wildman–Crippen MR) is 81.9 cm³/mol. The van der Waals surface area contributed by atoms with Gasteiger partial charge in [-0.05, 0) is 24.6 Å². The van der Waals surface area contributed by atoms with Gasteiger partial charge in [-0.25, -0.2) is 4.79 Å². The smallest absolute Gasteiger partial charge is 0.410 e. The number of aliphatic hydroxyl groups is 2. The zero-order valence-corrected chi connectivity index (χ0v) is 13.5. The zero-order valence-electron chi connectivity index (χ0n) is 11.9.